The summed E-state index contributed by atoms with van der Waals surface area (Å²) in [6.07, 6.45) is 1.56. The molecule has 14 heavy (non-hydrogen) atoms. The number of nitrogens with two attached hydrogens (primary N) is 1. The fourth-order valence-electron chi connectivity index (χ4n) is 0.734. The van der Waals surface area contributed by atoms with E-state index in [1.54, 1.807) is 10.8 Å². The molecule has 0 bridgehead atoms. The SMILES string of the molecule is CCC(C)(C)SSC(C)(C)CC(N)=O. The molecule has 4 heteroatoms. The molecule has 0 spiro atoms. The van der Waals surface area contributed by atoms with Gasteiger partial charge in [-0.1, -0.05) is 28.5 Å². The van der Waals surface area contributed by atoms with Crippen LogP contribution in [0.5, 0.6) is 0 Å². The number of amides is 1. The Morgan fingerprint density at radius 3 is 1.93 bits per heavy atom. The second-order valence-corrected chi connectivity index (χ2v) is 8.23. The van der Waals surface area contributed by atoms with Crippen molar-refractivity contribution >= 4 is 27.5 Å². The molecule has 0 radical (unpaired) electrons. The van der Waals surface area contributed by atoms with Crippen LogP contribution in [-0.2, 0) is 4.79 Å². The van der Waals surface area contributed by atoms with Crippen molar-refractivity contribution in [1.29, 1.82) is 0 Å². The third-order valence-electron chi connectivity index (χ3n) is 1.94. The monoisotopic (exact) mass is 235 g/mol. The highest BCUT2D eigenvalue weighted by atomic mass is 33.1. The van der Waals surface area contributed by atoms with Gasteiger partial charge in [0.15, 0.2) is 0 Å². The molecule has 2 nitrogen and oxygen atoms in total. The third-order valence-corrected chi connectivity index (χ3v) is 6.32. The summed E-state index contributed by atoms with van der Waals surface area (Å²) in [6.45, 7) is 10.7. The van der Waals surface area contributed by atoms with Crippen molar-refractivity contribution in [2.24, 2.45) is 5.73 Å². The first kappa shape index (κ1) is 14.2. The van der Waals surface area contributed by atoms with Gasteiger partial charge in [-0.3, -0.25) is 4.79 Å². The van der Waals surface area contributed by atoms with Crippen LogP contribution in [0, 0.1) is 0 Å². The zero-order valence-corrected chi connectivity index (χ0v) is 11.3. The largest absolute Gasteiger partial charge is 0.370 e. The summed E-state index contributed by atoms with van der Waals surface area (Å²) in [4.78, 5) is 10.8. The van der Waals surface area contributed by atoms with Gasteiger partial charge < -0.3 is 5.73 Å². The molecule has 0 aliphatic carbocycles. The maximum absolute atomic E-state index is 10.8. The average Bonchev–Trinajstić information content (AvgIpc) is 1.99. The average molecular weight is 235 g/mol. The highest BCUT2D eigenvalue weighted by Gasteiger charge is 2.26. The summed E-state index contributed by atoms with van der Waals surface area (Å²) in [5, 5.41) is 0. The van der Waals surface area contributed by atoms with Gasteiger partial charge in [0, 0.05) is 15.9 Å². The van der Waals surface area contributed by atoms with E-state index in [-0.39, 0.29) is 15.4 Å². The van der Waals surface area contributed by atoms with Crippen molar-refractivity contribution in [2.45, 2.75) is 57.0 Å². The van der Waals surface area contributed by atoms with E-state index < -0.39 is 0 Å². The smallest absolute Gasteiger partial charge is 0.218 e. The van der Waals surface area contributed by atoms with Crippen molar-refractivity contribution in [3.8, 4) is 0 Å². The fraction of sp³-hybridized carbons (Fsp3) is 0.900. The van der Waals surface area contributed by atoms with E-state index in [2.05, 4.69) is 34.6 Å². The maximum atomic E-state index is 10.8. The Morgan fingerprint density at radius 1 is 1.14 bits per heavy atom. The van der Waals surface area contributed by atoms with Gasteiger partial charge in [0.05, 0.1) is 0 Å². The van der Waals surface area contributed by atoms with Crippen LogP contribution < -0.4 is 5.73 Å². The molecular formula is C10H21NOS2. The van der Waals surface area contributed by atoms with Gasteiger partial charge in [-0.15, -0.1) is 0 Å². The molecule has 0 fully saturated rings. The van der Waals surface area contributed by atoms with Crippen LogP contribution in [-0.4, -0.2) is 15.4 Å². The first-order chi connectivity index (χ1) is 6.18. The van der Waals surface area contributed by atoms with E-state index >= 15 is 0 Å². The van der Waals surface area contributed by atoms with Crippen molar-refractivity contribution < 1.29 is 4.79 Å². The van der Waals surface area contributed by atoms with Gasteiger partial charge in [0.2, 0.25) is 5.91 Å². The molecule has 0 aromatic rings. The third kappa shape index (κ3) is 6.60. The first-order valence-corrected chi connectivity index (χ1v) is 6.99. The van der Waals surface area contributed by atoms with E-state index in [9.17, 15) is 4.79 Å². The molecule has 0 aliphatic rings. The number of hydrogen-bond donors (Lipinski definition) is 1. The van der Waals surface area contributed by atoms with E-state index in [0.717, 1.165) is 6.42 Å². The predicted molar refractivity (Wildman–Crippen MR) is 67.4 cm³/mol. The summed E-state index contributed by atoms with van der Waals surface area (Å²) in [5.41, 5.74) is 5.19. The molecule has 0 unspecified atom stereocenters. The Bertz CT molecular complexity index is 202. The molecule has 0 aromatic heterocycles. The molecule has 1 amide bonds. The molecule has 0 atom stereocenters. The van der Waals surface area contributed by atoms with Gasteiger partial charge in [0.1, 0.15) is 0 Å². The van der Waals surface area contributed by atoms with Crippen LogP contribution in [0.4, 0.5) is 0 Å². The van der Waals surface area contributed by atoms with Crippen LogP contribution >= 0.6 is 21.6 Å². The van der Waals surface area contributed by atoms with E-state index in [1.807, 2.05) is 10.8 Å². The minimum atomic E-state index is -0.225. The van der Waals surface area contributed by atoms with Crippen molar-refractivity contribution in [3.05, 3.63) is 0 Å². The van der Waals surface area contributed by atoms with Crippen LogP contribution in [0.1, 0.15) is 47.5 Å². The molecule has 0 rings (SSSR count). The second-order valence-electron chi connectivity index (χ2n) is 4.68. The zero-order valence-electron chi connectivity index (χ0n) is 9.72. The predicted octanol–water partition coefficient (Wildman–Crippen LogP) is 3.21. The van der Waals surface area contributed by atoms with E-state index in [4.69, 9.17) is 5.73 Å². The highest BCUT2D eigenvalue weighted by molar-refractivity contribution is 8.77. The van der Waals surface area contributed by atoms with Gasteiger partial charge in [0.25, 0.3) is 0 Å². The van der Waals surface area contributed by atoms with Crippen molar-refractivity contribution in [1.82, 2.24) is 0 Å². The molecular weight excluding hydrogens is 214 g/mol. The van der Waals surface area contributed by atoms with Gasteiger partial charge in [-0.05, 0) is 34.1 Å². The molecule has 0 heterocycles. The summed E-state index contributed by atoms with van der Waals surface area (Å²) < 4.78 is 0.197. The van der Waals surface area contributed by atoms with Crippen LogP contribution in [0.25, 0.3) is 0 Å². The lowest BCUT2D eigenvalue weighted by molar-refractivity contribution is -0.118. The lowest BCUT2D eigenvalue weighted by atomic mass is 10.1. The first-order valence-electron chi connectivity index (χ1n) is 4.84. The highest BCUT2D eigenvalue weighted by Crippen LogP contribution is 2.45. The normalized spacial score (nSPS) is 12.9. The molecule has 0 aromatic carbocycles. The van der Waals surface area contributed by atoms with Gasteiger partial charge in [-0.25, -0.2) is 0 Å². The van der Waals surface area contributed by atoms with E-state index in [1.165, 1.54) is 0 Å². The maximum Gasteiger partial charge on any atom is 0.218 e. The summed E-state index contributed by atoms with van der Waals surface area (Å²) in [6, 6.07) is 0. The quantitative estimate of drug-likeness (QED) is 0.719. The Balaban J connectivity index is 4.04. The Labute approximate surface area is 95.2 Å². The Morgan fingerprint density at radius 2 is 1.57 bits per heavy atom. The lowest BCUT2D eigenvalue weighted by Gasteiger charge is -2.28. The summed E-state index contributed by atoms with van der Waals surface area (Å²) >= 11 is 0. The van der Waals surface area contributed by atoms with Gasteiger partial charge >= 0.3 is 0 Å². The number of primary amides is 1. The van der Waals surface area contributed by atoms with E-state index in [0.29, 0.717) is 6.42 Å². The van der Waals surface area contributed by atoms with Crippen molar-refractivity contribution in [3.63, 3.8) is 0 Å². The molecule has 0 saturated carbocycles. The fourth-order valence-corrected chi connectivity index (χ4v) is 3.39. The molecule has 0 saturated heterocycles. The second kappa shape index (κ2) is 5.31. The minimum Gasteiger partial charge on any atom is -0.370 e. The summed E-state index contributed by atoms with van der Waals surface area (Å²) in [7, 11) is 3.59. The Kier molecular flexibility index (Phi) is 5.37. The molecule has 0 aliphatic heterocycles. The van der Waals surface area contributed by atoms with Crippen molar-refractivity contribution in [2.75, 3.05) is 0 Å². The number of hydrogen-bond acceptors (Lipinski definition) is 3. The molecule has 84 valence electrons. The lowest BCUT2D eigenvalue weighted by Crippen LogP contribution is -2.25. The molecule has 2 N–H and O–H groups in total. The Hall–Kier alpha value is 0.170. The minimum absolute atomic E-state index is 0.0665. The van der Waals surface area contributed by atoms with Crippen LogP contribution in [0.15, 0.2) is 0 Å². The number of rotatable bonds is 6. The van der Waals surface area contributed by atoms with Crippen LogP contribution in [0.3, 0.4) is 0 Å². The number of carbonyl (C=O) groups is 1. The summed E-state index contributed by atoms with van der Waals surface area (Å²) in [5.74, 6) is -0.225. The topological polar surface area (TPSA) is 43.1 Å². The van der Waals surface area contributed by atoms with Crippen LogP contribution in [0.2, 0.25) is 0 Å². The standard InChI is InChI=1S/C10H21NOS2/c1-6-9(2,3)13-14-10(4,5)7-8(11)12/h6-7H2,1-5H3,(H2,11,12). The number of carbonyl (C=O) groups excluding carboxylic acids is 1. The van der Waals surface area contributed by atoms with Gasteiger partial charge in [-0.2, -0.15) is 0 Å². The zero-order chi connectivity index (χ0) is 11.4.